The average Bonchev–Trinajstić information content (AvgIpc) is 2.36. The van der Waals surface area contributed by atoms with Gasteiger partial charge in [0.05, 0.1) is 17.1 Å². The number of hydrogen-bond donors (Lipinski definition) is 1. The number of carbonyl (C=O) groups is 1. The smallest absolute Gasteiger partial charge is 0.228 e. The van der Waals surface area contributed by atoms with Crippen LogP contribution in [0.25, 0.3) is 0 Å². The molecule has 0 saturated heterocycles. The highest BCUT2D eigenvalue weighted by atomic mass is 79.9. The van der Waals surface area contributed by atoms with Gasteiger partial charge in [0.15, 0.2) is 0 Å². The van der Waals surface area contributed by atoms with Crippen molar-refractivity contribution < 1.29 is 9.18 Å². The molecule has 0 fully saturated rings. The maximum absolute atomic E-state index is 12.9. The van der Waals surface area contributed by atoms with Crippen LogP contribution >= 0.6 is 27.5 Å². The molecule has 0 unspecified atom stereocenters. The lowest BCUT2D eigenvalue weighted by atomic mass is 10.1. The third-order valence-electron chi connectivity index (χ3n) is 2.48. The van der Waals surface area contributed by atoms with E-state index in [4.69, 9.17) is 11.6 Å². The molecule has 5 heteroatoms. The molecule has 0 bridgehead atoms. The standard InChI is InChI=1S/C14H10BrClFNO/c15-10-3-1-9(2-4-10)7-14(19)18-13-6-5-11(17)8-12(13)16/h1-6,8H,7H2,(H,18,19). The molecule has 2 rings (SSSR count). The number of benzene rings is 2. The predicted molar refractivity (Wildman–Crippen MR) is 77.9 cm³/mol. The summed E-state index contributed by atoms with van der Waals surface area (Å²) in [5, 5.41) is 2.84. The summed E-state index contributed by atoms with van der Waals surface area (Å²) in [7, 11) is 0. The van der Waals surface area contributed by atoms with Crippen molar-refractivity contribution in [2.24, 2.45) is 0 Å². The highest BCUT2D eigenvalue weighted by Crippen LogP contribution is 2.22. The first kappa shape index (κ1) is 14.0. The summed E-state index contributed by atoms with van der Waals surface area (Å²) in [6, 6.07) is 11.3. The van der Waals surface area contributed by atoms with Crippen LogP contribution < -0.4 is 5.32 Å². The Hall–Kier alpha value is -1.39. The molecule has 0 aromatic heterocycles. The van der Waals surface area contributed by atoms with Gasteiger partial charge in [-0.25, -0.2) is 4.39 Å². The monoisotopic (exact) mass is 341 g/mol. The summed E-state index contributed by atoms with van der Waals surface area (Å²) in [5.41, 5.74) is 1.30. The molecule has 19 heavy (non-hydrogen) atoms. The first-order valence-electron chi connectivity index (χ1n) is 5.54. The second-order valence-electron chi connectivity index (χ2n) is 3.98. The average molecular weight is 343 g/mol. The third kappa shape index (κ3) is 4.04. The van der Waals surface area contributed by atoms with Gasteiger partial charge >= 0.3 is 0 Å². The highest BCUT2D eigenvalue weighted by Gasteiger charge is 2.07. The zero-order valence-electron chi connectivity index (χ0n) is 9.79. The Labute approximate surface area is 123 Å². The zero-order valence-corrected chi connectivity index (χ0v) is 12.1. The summed E-state index contributed by atoms with van der Waals surface area (Å²) < 4.78 is 13.8. The molecule has 0 aliphatic carbocycles. The molecule has 98 valence electrons. The van der Waals surface area contributed by atoms with Gasteiger partial charge in [-0.2, -0.15) is 0 Å². The largest absolute Gasteiger partial charge is 0.324 e. The van der Waals surface area contributed by atoms with E-state index in [9.17, 15) is 9.18 Å². The van der Waals surface area contributed by atoms with Crippen molar-refractivity contribution in [1.29, 1.82) is 0 Å². The van der Waals surface area contributed by atoms with Crippen molar-refractivity contribution in [1.82, 2.24) is 0 Å². The quantitative estimate of drug-likeness (QED) is 0.879. The van der Waals surface area contributed by atoms with Crippen LogP contribution in [0.15, 0.2) is 46.9 Å². The molecule has 2 aromatic carbocycles. The number of halogens is 3. The molecule has 0 radical (unpaired) electrons. The van der Waals surface area contributed by atoms with Crippen LogP contribution in [0.4, 0.5) is 10.1 Å². The fraction of sp³-hybridized carbons (Fsp3) is 0.0714. The van der Waals surface area contributed by atoms with E-state index in [1.807, 2.05) is 24.3 Å². The van der Waals surface area contributed by atoms with Gasteiger partial charge in [0, 0.05) is 4.47 Å². The van der Waals surface area contributed by atoms with E-state index in [0.717, 1.165) is 16.1 Å². The topological polar surface area (TPSA) is 29.1 Å². The normalized spacial score (nSPS) is 10.3. The van der Waals surface area contributed by atoms with Crippen LogP contribution in [-0.4, -0.2) is 5.91 Å². The lowest BCUT2D eigenvalue weighted by Crippen LogP contribution is -2.14. The van der Waals surface area contributed by atoms with E-state index >= 15 is 0 Å². The van der Waals surface area contributed by atoms with Crippen molar-refractivity contribution in [3.63, 3.8) is 0 Å². The minimum absolute atomic E-state index is 0.184. The van der Waals surface area contributed by atoms with Gasteiger partial charge in [-0.3, -0.25) is 4.79 Å². The van der Waals surface area contributed by atoms with Gasteiger partial charge in [0.1, 0.15) is 5.82 Å². The van der Waals surface area contributed by atoms with Crippen LogP contribution in [0.3, 0.4) is 0 Å². The summed E-state index contributed by atoms with van der Waals surface area (Å²) in [6.45, 7) is 0. The molecule has 0 spiro atoms. The molecular formula is C14H10BrClFNO. The molecule has 1 N–H and O–H groups in total. The van der Waals surface area contributed by atoms with E-state index in [1.165, 1.54) is 12.1 Å². The van der Waals surface area contributed by atoms with Crippen LogP contribution in [0.1, 0.15) is 5.56 Å². The first-order valence-corrected chi connectivity index (χ1v) is 6.71. The molecular weight excluding hydrogens is 333 g/mol. The van der Waals surface area contributed by atoms with Crippen molar-refractivity contribution in [3.05, 3.63) is 63.3 Å². The van der Waals surface area contributed by atoms with Crippen LogP contribution in [0.2, 0.25) is 5.02 Å². The van der Waals surface area contributed by atoms with E-state index in [2.05, 4.69) is 21.2 Å². The summed E-state index contributed by atoms with van der Waals surface area (Å²) in [4.78, 5) is 11.8. The Kier molecular flexibility index (Phi) is 4.56. The Bertz CT molecular complexity index is 601. The molecule has 0 heterocycles. The summed E-state index contributed by atoms with van der Waals surface area (Å²) in [5.74, 6) is -0.633. The first-order chi connectivity index (χ1) is 9.04. The fourth-order valence-electron chi connectivity index (χ4n) is 1.57. The number of rotatable bonds is 3. The SMILES string of the molecule is O=C(Cc1ccc(Br)cc1)Nc1ccc(F)cc1Cl. The van der Waals surface area contributed by atoms with Gasteiger partial charge in [0.2, 0.25) is 5.91 Å². The number of nitrogens with one attached hydrogen (secondary N) is 1. The maximum atomic E-state index is 12.9. The Morgan fingerprint density at radius 2 is 1.89 bits per heavy atom. The van der Waals surface area contributed by atoms with Gasteiger partial charge in [-0.15, -0.1) is 0 Å². The Morgan fingerprint density at radius 3 is 2.53 bits per heavy atom. The van der Waals surface area contributed by atoms with Crippen LogP contribution in [0.5, 0.6) is 0 Å². The molecule has 1 amide bonds. The molecule has 0 aliphatic rings. The van der Waals surface area contributed by atoms with Crippen molar-refractivity contribution in [3.8, 4) is 0 Å². The number of carbonyl (C=O) groups excluding carboxylic acids is 1. The molecule has 2 nitrogen and oxygen atoms in total. The number of anilines is 1. The molecule has 0 atom stereocenters. The second kappa shape index (κ2) is 6.17. The van der Waals surface area contributed by atoms with Crippen molar-refractivity contribution in [2.45, 2.75) is 6.42 Å². The second-order valence-corrected chi connectivity index (χ2v) is 5.30. The maximum Gasteiger partial charge on any atom is 0.228 e. The van der Waals surface area contributed by atoms with Gasteiger partial charge in [-0.1, -0.05) is 39.7 Å². The lowest BCUT2D eigenvalue weighted by Gasteiger charge is -2.07. The van der Waals surface area contributed by atoms with Crippen molar-refractivity contribution in [2.75, 3.05) is 5.32 Å². The van der Waals surface area contributed by atoms with Crippen molar-refractivity contribution >= 4 is 39.1 Å². The van der Waals surface area contributed by atoms with Gasteiger partial charge in [0.25, 0.3) is 0 Å². The number of amides is 1. The highest BCUT2D eigenvalue weighted by molar-refractivity contribution is 9.10. The molecule has 0 saturated carbocycles. The van der Waals surface area contributed by atoms with Crippen LogP contribution in [-0.2, 0) is 11.2 Å². The molecule has 0 aliphatic heterocycles. The number of hydrogen-bond acceptors (Lipinski definition) is 1. The van der Waals surface area contributed by atoms with E-state index in [1.54, 1.807) is 0 Å². The minimum Gasteiger partial charge on any atom is -0.324 e. The summed E-state index contributed by atoms with van der Waals surface area (Å²) >= 11 is 9.16. The fourth-order valence-corrected chi connectivity index (χ4v) is 2.05. The Morgan fingerprint density at radius 1 is 1.21 bits per heavy atom. The lowest BCUT2D eigenvalue weighted by molar-refractivity contribution is -0.115. The van der Waals surface area contributed by atoms with E-state index in [0.29, 0.717) is 5.69 Å². The molecule has 2 aromatic rings. The Balaban J connectivity index is 2.03. The third-order valence-corrected chi connectivity index (χ3v) is 3.32. The van der Waals surface area contributed by atoms with E-state index < -0.39 is 5.82 Å². The predicted octanol–water partition coefficient (Wildman–Crippen LogP) is 4.42. The van der Waals surface area contributed by atoms with Crippen LogP contribution in [0, 0.1) is 5.82 Å². The summed E-state index contributed by atoms with van der Waals surface area (Å²) in [6.07, 6.45) is 0.237. The zero-order chi connectivity index (χ0) is 13.8. The van der Waals surface area contributed by atoms with Gasteiger partial charge in [-0.05, 0) is 35.9 Å². The van der Waals surface area contributed by atoms with E-state index in [-0.39, 0.29) is 17.4 Å². The van der Waals surface area contributed by atoms with Gasteiger partial charge < -0.3 is 5.32 Å². The minimum atomic E-state index is -0.434.